The smallest absolute Gasteiger partial charge is 0.497 e. The highest BCUT2D eigenvalue weighted by molar-refractivity contribution is 5.92. The molecule has 2 N–H and O–H groups in total. The Morgan fingerprint density at radius 3 is 2.53 bits per heavy atom. The fourth-order valence-corrected chi connectivity index (χ4v) is 6.84. The molecular formula is C29H37NO8. The Labute approximate surface area is 222 Å². The number of cyclic esters (lactones) is 1. The highest BCUT2D eigenvalue weighted by Crippen LogP contribution is 2.63. The Balaban J connectivity index is 1.53. The molecule has 9 atom stereocenters. The molecule has 5 rings (SSSR count). The van der Waals surface area contributed by atoms with E-state index in [1.807, 2.05) is 50.3 Å². The Kier molecular flexibility index (Phi) is 6.59. The van der Waals surface area contributed by atoms with Crippen LogP contribution in [0.15, 0.2) is 36.4 Å². The number of carbonyl (C=O) groups is 3. The first-order valence-corrected chi connectivity index (χ1v) is 13.3. The third-order valence-corrected chi connectivity index (χ3v) is 9.24. The predicted molar refractivity (Wildman–Crippen MR) is 136 cm³/mol. The molecule has 3 heterocycles. The second kappa shape index (κ2) is 9.38. The SMILES string of the molecule is COc1ccc(CC2NC(=O)C34OC(=O)OCCC(C)(O)C(=O)C(C)C/C=C/C3C3OC3(C)C(C)C24)cc1. The maximum atomic E-state index is 13.9. The summed E-state index contributed by atoms with van der Waals surface area (Å²) in [4.78, 5) is 39.8. The van der Waals surface area contributed by atoms with Crippen molar-refractivity contribution in [1.29, 1.82) is 0 Å². The fraction of sp³-hybridized carbons (Fsp3) is 0.621. The minimum atomic E-state index is -1.64. The molecule has 9 heteroatoms. The van der Waals surface area contributed by atoms with Crippen LogP contribution in [0.3, 0.4) is 0 Å². The zero-order valence-electron chi connectivity index (χ0n) is 22.6. The van der Waals surface area contributed by atoms with Gasteiger partial charge in [-0.1, -0.05) is 38.1 Å². The van der Waals surface area contributed by atoms with Gasteiger partial charge in [0, 0.05) is 24.3 Å². The van der Waals surface area contributed by atoms with Gasteiger partial charge in [0.05, 0.1) is 31.3 Å². The lowest BCUT2D eigenvalue weighted by Crippen LogP contribution is -2.61. The molecule has 3 aliphatic heterocycles. The van der Waals surface area contributed by atoms with E-state index in [4.69, 9.17) is 18.9 Å². The normalized spacial score (nSPS) is 43.5. The minimum absolute atomic E-state index is 0.0681. The molecule has 206 valence electrons. The van der Waals surface area contributed by atoms with Crippen LogP contribution in [-0.2, 0) is 30.2 Å². The van der Waals surface area contributed by atoms with Gasteiger partial charge in [0.25, 0.3) is 5.91 Å². The van der Waals surface area contributed by atoms with Gasteiger partial charge in [0.1, 0.15) is 11.4 Å². The van der Waals surface area contributed by atoms with Crippen molar-refractivity contribution in [2.24, 2.45) is 23.7 Å². The summed E-state index contributed by atoms with van der Waals surface area (Å²) in [6.45, 7) is 7.05. The van der Waals surface area contributed by atoms with Crippen molar-refractivity contribution in [3.05, 3.63) is 42.0 Å². The molecule has 1 spiro atoms. The number of rotatable bonds is 3. The molecule has 0 radical (unpaired) electrons. The molecule has 1 amide bonds. The third kappa shape index (κ3) is 4.20. The van der Waals surface area contributed by atoms with E-state index in [-0.39, 0.29) is 42.8 Å². The Morgan fingerprint density at radius 1 is 1.13 bits per heavy atom. The number of allylic oxidation sites excluding steroid dienone is 1. The quantitative estimate of drug-likeness (QED) is 0.349. The molecule has 3 fully saturated rings. The van der Waals surface area contributed by atoms with Crippen molar-refractivity contribution in [2.45, 2.75) is 75.9 Å². The van der Waals surface area contributed by atoms with E-state index in [2.05, 4.69) is 5.32 Å². The first kappa shape index (κ1) is 26.7. The van der Waals surface area contributed by atoms with Crippen LogP contribution in [0.5, 0.6) is 5.75 Å². The zero-order valence-corrected chi connectivity index (χ0v) is 22.6. The average Bonchev–Trinajstić information content (AvgIpc) is 3.49. The monoisotopic (exact) mass is 527 g/mol. The predicted octanol–water partition coefficient (Wildman–Crippen LogP) is 2.97. The summed E-state index contributed by atoms with van der Waals surface area (Å²) in [5, 5.41) is 13.8. The van der Waals surface area contributed by atoms with Crippen LogP contribution in [0.4, 0.5) is 4.79 Å². The van der Waals surface area contributed by atoms with Gasteiger partial charge in [0.2, 0.25) is 5.60 Å². The van der Waals surface area contributed by atoms with Crippen molar-refractivity contribution in [2.75, 3.05) is 13.7 Å². The number of methoxy groups -OCH3 is 1. The highest BCUT2D eigenvalue weighted by atomic mass is 16.7. The Morgan fingerprint density at radius 2 is 1.84 bits per heavy atom. The zero-order chi connectivity index (χ0) is 27.5. The van der Waals surface area contributed by atoms with Crippen molar-refractivity contribution in [3.63, 3.8) is 0 Å². The molecule has 1 aromatic rings. The molecule has 4 aliphatic rings. The van der Waals surface area contributed by atoms with Crippen molar-refractivity contribution in [1.82, 2.24) is 5.32 Å². The lowest BCUT2D eigenvalue weighted by molar-refractivity contribution is -0.155. The lowest BCUT2D eigenvalue weighted by atomic mass is 9.59. The van der Waals surface area contributed by atoms with Gasteiger partial charge in [-0.3, -0.25) is 9.59 Å². The van der Waals surface area contributed by atoms with Crippen LogP contribution in [-0.4, -0.2) is 65.6 Å². The number of carbonyl (C=O) groups excluding carboxylic acids is 3. The van der Waals surface area contributed by atoms with Crippen LogP contribution >= 0.6 is 0 Å². The van der Waals surface area contributed by atoms with E-state index >= 15 is 0 Å². The topological polar surface area (TPSA) is 124 Å². The summed E-state index contributed by atoms with van der Waals surface area (Å²) < 4.78 is 22.9. The van der Waals surface area contributed by atoms with Crippen molar-refractivity contribution in [3.8, 4) is 5.75 Å². The molecule has 38 heavy (non-hydrogen) atoms. The van der Waals surface area contributed by atoms with E-state index in [9.17, 15) is 19.5 Å². The molecule has 1 aliphatic carbocycles. The van der Waals surface area contributed by atoms with Gasteiger partial charge in [0.15, 0.2) is 5.78 Å². The van der Waals surface area contributed by atoms with Gasteiger partial charge in [-0.2, -0.15) is 0 Å². The van der Waals surface area contributed by atoms with E-state index in [0.717, 1.165) is 11.3 Å². The number of aliphatic hydroxyl groups is 1. The maximum Gasteiger partial charge on any atom is 0.509 e. The second-order valence-corrected chi connectivity index (χ2v) is 11.6. The first-order chi connectivity index (χ1) is 17.9. The molecular weight excluding hydrogens is 490 g/mol. The van der Waals surface area contributed by atoms with E-state index in [0.29, 0.717) is 12.8 Å². The van der Waals surface area contributed by atoms with Crippen molar-refractivity contribution < 1.29 is 38.4 Å². The number of benzene rings is 1. The summed E-state index contributed by atoms with van der Waals surface area (Å²) in [5.74, 6) is -1.48. The number of nitrogens with one attached hydrogen (secondary N) is 1. The molecule has 0 bridgehead atoms. The number of Topliss-reactive ketones (excluding diaryl/α,β-unsaturated/α-hetero) is 1. The molecule has 9 unspecified atom stereocenters. The van der Waals surface area contributed by atoms with Gasteiger partial charge in [-0.05, 0) is 50.3 Å². The number of hydrogen-bond acceptors (Lipinski definition) is 8. The number of amides is 1. The fourth-order valence-electron chi connectivity index (χ4n) is 6.84. The highest BCUT2D eigenvalue weighted by Gasteiger charge is 2.78. The van der Waals surface area contributed by atoms with Crippen LogP contribution in [0.1, 0.15) is 46.1 Å². The molecule has 9 nitrogen and oxygen atoms in total. The lowest BCUT2D eigenvalue weighted by Gasteiger charge is -2.45. The third-order valence-electron chi connectivity index (χ3n) is 9.24. The van der Waals surface area contributed by atoms with Crippen LogP contribution in [0.25, 0.3) is 0 Å². The average molecular weight is 528 g/mol. The van der Waals surface area contributed by atoms with Gasteiger partial charge >= 0.3 is 6.16 Å². The van der Waals surface area contributed by atoms with Gasteiger partial charge < -0.3 is 29.4 Å². The molecule has 1 aromatic carbocycles. The van der Waals surface area contributed by atoms with Crippen LogP contribution in [0.2, 0.25) is 0 Å². The number of ketones is 1. The maximum absolute atomic E-state index is 13.9. The number of ether oxygens (including phenoxy) is 4. The summed E-state index contributed by atoms with van der Waals surface area (Å²) in [5.41, 5.74) is -2.65. The summed E-state index contributed by atoms with van der Waals surface area (Å²) in [6, 6.07) is 7.37. The largest absolute Gasteiger partial charge is 0.509 e. The summed E-state index contributed by atoms with van der Waals surface area (Å²) >= 11 is 0. The number of hydrogen-bond donors (Lipinski definition) is 2. The van der Waals surface area contributed by atoms with E-state index in [1.54, 1.807) is 14.0 Å². The van der Waals surface area contributed by atoms with Crippen LogP contribution in [0, 0.1) is 23.7 Å². The molecule has 1 saturated carbocycles. The van der Waals surface area contributed by atoms with Crippen LogP contribution < -0.4 is 10.1 Å². The summed E-state index contributed by atoms with van der Waals surface area (Å²) in [7, 11) is 1.61. The number of epoxide rings is 1. The van der Waals surface area contributed by atoms with Crippen molar-refractivity contribution >= 4 is 17.8 Å². The minimum Gasteiger partial charge on any atom is -0.497 e. The Hall–Kier alpha value is -2.91. The molecule has 2 saturated heterocycles. The molecule has 0 aromatic heterocycles. The van der Waals surface area contributed by atoms with E-state index in [1.165, 1.54) is 6.92 Å². The van der Waals surface area contributed by atoms with E-state index < -0.39 is 40.7 Å². The summed E-state index contributed by atoms with van der Waals surface area (Å²) in [6.07, 6.45) is 3.21. The standard InChI is InChI=1S/C29H37NO8/c1-16-7-6-8-20-24-28(4,37-24)17(2)22-21(15-18-9-11-19(35-5)12-10-18)30-25(32)29(20,22)38-26(33)36-14-13-27(3,34)23(16)31/h6,8-12,16-17,20-22,24,34H,7,13-15H2,1-5H3,(H,30,32)/b8-6+. The van der Waals surface area contributed by atoms with Gasteiger partial charge in [-0.25, -0.2) is 4.79 Å². The van der Waals surface area contributed by atoms with Gasteiger partial charge in [-0.15, -0.1) is 0 Å². The first-order valence-electron chi connectivity index (χ1n) is 13.3. The Bertz CT molecular complexity index is 1150. The second-order valence-electron chi connectivity index (χ2n) is 11.6. The number of fused-ring (bicyclic) bond motifs is 2.